The largest absolute Gasteiger partial charge is 0.346 e. The zero-order chi connectivity index (χ0) is 20.2. The fourth-order valence-corrected chi connectivity index (χ4v) is 6.33. The lowest BCUT2D eigenvalue weighted by molar-refractivity contribution is 0.177. The number of H-pyrrole nitrogens is 1. The van der Waals surface area contributed by atoms with Gasteiger partial charge in [0.15, 0.2) is 0 Å². The molecule has 2 aliphatic rings. The number of piperazine rings is 1. The standard InChI is InChI=1S/C20H28N6O2S/c1-15-4-7-25(29(27,28)24-11-9-23(2)10-12-24)14-18(15)26-8-5-16-13-22-20-17(19(16)26)3-6-21-20/h3,5-6,8,13,15,18H,4,7,9-12,14H2,1-2H3,(H,21,22)/t15-,18+/m1/s1. The van der Waals surface area contributed by atoms with Crippen molar-refractivity contribution in [1.29, 1.82) is 0 Å². The van der Waals surface area contributed by atoms with Crippen LogP contribution in [-0.4, -0.2) is 82.8 Å². The van der Waals surface area contributed by atoms with Crippen molar-refractivity contribution in [2.24, 2.45) is 5.92 Å². The molecule has 3 aromatic rings. The summed E-state index contributed by atoms with van der Waals surface area (Å²) in [6.45, 7) is 6.03. The van der Waals surface area contributed by atoms with Gasteiger partial charge in [-0.25, -0.2) is 4.98 Å². The van der Waals surface area contributed by atoms with Crippen LogP contribution in [0.25, 0.3) is 21.9 Å². The van der Waals surface area contributed by atoms with E-state index in [4.69, 9.17) is 0 Å². The van der Waals surface area contributed by atoms with E-state index in [1.165, 1.54) is 0 Å². The Hall–Kier alpha value is -1.94. The van der Waals surface area contributed by atoms with Crippen LogP contribution in [0.2, 0.25) is 0 Å². The zero-order valence-corrected chi connectivity index (χ0v) is 17.8. The number of likely N-dealkylation sites (N-methyl/N-ethyl adjacent to an activating group) is 1. The van der Waals surface area contributed by atoms with Gasteiger partial charge < -0.3 is 14.5 Å². The molecule has 2 fully saturated rings. The van der Waals surface area contributed by atoms with Gasteiger partial charge in [0.05, 0.1) is 11.6 Å². The Morgan fingerprint density at radius 2 is 1.90 bits per heavy atom. The van der Waals surface area contributed by atoms with Crippen LogP contribution in [0.15, 0.2) is 30.7 Å². The molecule has 0 unspecified atom stereocenters. The van der Waals surface area contributed by atoms with Crippen molar-refractivity contribution in [2.75, 3.05) is 46.3 Å². The number of pyridine rings is 1. The molecule has 0 radical (unpaired) electrons. The molecule has 0 aliphatic carbocycles. The van der Waals surface area contributed by atoms with Crippen LogP contribution in [0.1, 0.15) is 19.4 Å². The van der Waals surface area contributed by atoms with Crippen LogP contribution in [0, 0.1) is 5.92 Å². The Morgan fingerprint density at radius 1 is 1.10 bits per heavy atom. The van der Waals surface area contributed by atoms with Crippen LogP contribution in [-0.2, 0) is 10.2 Å². The van der Waals surface area contributed by atoms with Gasteiger partial charge in [0, 0.05) is 68.6 Å². The smallest absolute Gasteiger partial charge is 0.282 e. The highest BCUT2D eigenvalue weighted by Crippen LogP contribution is 2.35. The predicted octanol–water partition coefficient (Wildman–Crippen LogP) is 1.89. The summed E-state index contributed by atoms with van der Waals surface area (Å²) in [6, 6.07) is 4.23. The number of hydrogen-bond donors (Lipinski definition) is 1. The molecule has 0 bridgehead atoms. The number of nitrogens with zero attached hydrogens (tertiary/aromatic N) is 5. The average molecular weight is 417 g/mol. The molecule has 0 amide bonds. The Morgan fingerprint density at radius 3 is 2.69 bits per heavy atom. The second-order valence-electron chi connectivity index (χ2n) is 8.43. The fraction of sp³-hybridized carbons (Fsp3) is 0.550. The first-order valence-corrected chi connectivity index (χ1v) is 11.7. The summed E-state index contributed by atoms with van der Waals surface area (Å²) < 4.78 is 32.2. The monoisotopic (exact) mass is 416 g/mol. The lowest BCUT2D eigenvalue weighted by Gasteiger charge is -2.41. The van der Waals surface area contributed by atoms with E-state index >= 15 is 0 Å². The maximum Gasteiger partial charge on any atom is 0.282 e. The first kappa shape index (κ1) is 19.0. The zero-order valence-electron chi connectivity index (χ0n) is 17.0. The summed E-state index contributed by atoms with van der Waals surface area (Å²) in [5.41, 5.74) is 2.00. The predicted molar refractivity (Wildman–Crippen MR) is 114 cm³/mol. The third-order valence-electron chi connectivity index (χ3n) is 6.61. The SMILES string of the molecule is C[C@@H]1CCN(S(=O)(=O)N2CCN(C)CC2)C[C@@H]1n1ccc2cnc3[nH]ccc3c21. The normalized spacial score (nSPS) is 25.9. The Kier molecular flexibility index (Phi) is 4.65. The summed E-state index contributed by atoms with van der Waals surface area (Å²) in [6.07, 6.45) is 6.74. The number of aromatic amines is 1. The summed E-state index contributed by atoms with van der Waals surface area (Å²) in [5, 5.41) is 2.17. The molecule has 3 aromatic heterocycles. The van der Waals surface area contributed by atoms with E-state index in [0.717, 1.165) is 41.4 Å². The first-order valence-electron chi connectivity index (χ1n) is 10.3. The van der Waals surface area contributed by atoms with E-state index in [-0.39, 0.29) is 6.04 Å². The van der Waals surface area contributed by atoms with Crippen LogP contribution in [0.4, 0.5) is 0 Å². The van der Waals surface area contributed by atoms with Gasteiger partial charge in [-0.1, -0.05) is 6.92 Å². The molecular formula is C20H28N6O2S. The van der Waals surface area contributed by atoms with Gasteiger partial charge in [-0.2, -0.15) is 17.0 Å². The molecular weight excluding hydrogens is 388 g/mol. The second kappa shape index (κ2) is 7.09. The summed E-state index contributed by atoms with van der Waals surface area (Å²) in [4.78, 5) is 9.84. The van der Waals surface area contributed by atoms with Gasteiger partial charge >= 0.3 is 0 Å². The third-order valence-corrected chi connectivity index (χ3v) is 8.61. The number of aromatic nitrogens is 3. The van der Waals surface area contributed by atoms with Crippen molar-refractivity contribution >= 4 is 32.1 Å². The van der Waals surface area contributed by atoms with E-state index in [9.17, 15) is 8.42 Å². The summed E-state index contributed by atoms with van der Waals surface area (Å²) in [7, 11) is -1.39. The minimum atomic E-state index is -3.43. The van der Waals surface area contributed by atoms with Crippen LogP contribution >= 0.6 is 0 Å². The van der Waals surface area contributed by atoms with Crippen molar-refractivity contribution in [1.82, 2.24) is 28.0 Å². The van der Waals surface area contributed by atoms with Crippen LogP contribution in [0.3, 0.4) is 0 Å². The topological polar surface area (TPSA) is 77.5 Å². The van der Waals surface area contributed by atoms with Gasteiger partial charge in [0.2, 0.25) is 0 Å². The first-order chi connectivity index (χ1) is 13.9. The Balaban J connectivity index is 1.48. The summed E-state index contributed by atoms with van der Waals surface area (Å²) >= 11 is 0. The van der Waals surface area contributed by atoms with Gasteiger partial charge in [-0.05, 0) is 31.5 Å². The Bertz CT molecular complexity index is 1130. The minimum Gasteiger partial charge on any atom is -0.346 e. The molecule has 0 saturated carbocycles. The fourth-order valence-electron chi connectivity index (χ4n) is 4.70. The maximum atomic E-state index is 13.3. The highest BCUT2D eigenvalue weighted by Gasteiger charge is 2.38. The molecule has 1 N–H and O–H groups in total. The lowest BCUT2D eigenvalue weighted by Crippen LogP contribution is -2.54. The molecule has 0 spiro atoms. The van der Waals surface area contributed by atoms with Crippen molar-refractivity contribution in [3.05, 3.63) is 30.7 Å². The number of piperidine rings is 1. The van der Waals surface area contributed by atoms with Gasteiger partial charge in [0.1, 0.15) is 5.65 Å². The van der Waals surface area contributed by atoms with Crippen molar-refractivity contribution in [3.63, 3.8) is 0 Å². The highest BCUT2D eigenvalue weighted by atomic mass is 32.2. The van der Waals surface area contributed by atoms with E-state index < -0.39 is 10.2 Å². The highest BCUT2D eigenvalue weighted by molar-refractivity contribution is 7.86. The number of hydrogen-bond acceptors (Lipinski definition) is 4. The van der Waals surface area contributed by atoms with E-state index in [2.05, 4.69) is 38.6 Å². The van der Waals surface area contributed by atoms with Crippen molar-refractivity contribution in [3.8, 4) is 0 Å². The van der Waals surface area contributed by atoms with E-state index in [0.29, 0.717) is 32.1 Å². The van der Waals surface area contributed by atoms with E-state index in [1.807, 2.05) is 25.5 Å². The van der Waals surface area contributed by atoms with Gasteiger partial charge in [0.25, 0.3) is 10.2 Å². The maximum absolute atomic E-state index is 13.3. The number of rotatable bonds is 3. The molecule has 2 atom stereocenters. The van der Waals surface area contributed by atoms with Crippen molar-refractivity contribution in [2.45, 2.75) is 19.4 Å². The van der Waals surface area contributed by atoms with Crippen molar-refractivity contribution < 1.29 is 8.42 Å². The average Bonchev–Trinajstić information content (AvgIpc) is 3.35. The van der Waals surface area contributed by atoms with Gasteiger partial charge in [-0.3, -0.25) is 0 Å². The third kappa shape index (κ3) is 3.16. The van der Waals surface area contributed by atoms with Crippen LogP contribution < -0.4 is 0 Å². The number of nitrogens with one attached hydrogen (secondary N) is 1. The molecule has 29 heavy (non-hydrogen) atoms. The Labute approximate surface area is 171 Å². The molecule has 9 heteroatoms. The minimum absolute atomic E-state index is 0.101. The molecule has 2 aliphatic heterocycles. The molecule has 8 nitrogen and oxygen atoms in total. The molecule has 2 saturated heterocycles. The number of fused-ring (bicyclic) bond motifs is 3. The molecule has 5 rings (SSSR count). The second-order valence-corrected chi connectivity index (χ2v) is 10.4. The van der Waals surface area contributed by atoms with Crippen LogP contribution in [0.5, 0.6) is 0 Å². The molecule has 0 aromatic carbocycles. The quantitative estimate of drug-likeness (QED) is 0.707. The van der Waals surface area contributed by atoms with Gasteiger partial charge in [-0.15, -0.1) is 0 Å². The lowest BCUT2D eigenvalue weighted by atomic mass is 9.94. The summed E-state index contributed by atoms with van der Waals surface area (Å²) in [5.74, 6) is 0.395. The molecule has 156 valence electrons. The molecule has 5 heterocycles. The van der Waals surface area contributed by atoms with E-state index in [1.54, 1.807) is 8.61 Å².